The minimum absolute atomic E-state index is 0.0389. The normalized spacial score (nSPS) is 18.5. The van der Waals surface area contributed by atoms with Crippen LogP contribution in [0.2, 0.25) is 0 Å². The van der Waals surface area contributed by atoms with Crippen molar-refractivity contribution in [3.05, 3.63) is 64.7 Å². The molecule has 0 radical (unpaired) electrons. The van der Waals surface area contributed by atoms with Crippen molar-refractivity contribution >= 4 is 34.7 Å². The lowest BCUT2D eigenvalue weighted by molar-refractivity contribution is -0.121. The van der Waals surface area contributed by atoms with Gasteiger partial charge in [-0.3, -0.25) is 9.69 Å². The van der Waals surface area contributed by atoms with Crippen molar-refractivity contribution in [3.8, 4) is 0 Å². The zero-order valence-corrected chi connectivity index (χ0v) is 13.2. The third-order valence-corrected chi connectivity index (χ3v) is 4.40. The van der Waals surface area contributed by atoms with Gasteiger partial charge in [-0.05, 0) is 48.0 Å². The van der Waals surface area contributed by atoms with Crippen LogP contribution in [0.25, 0.3) is 6.08 Å². The number of carbonyl (C=O) groups excluding carboxylic acids is 1. The second kappa shape index (κ2) is 6.15. The van der Waals surface area contributed by atoms with Crippen LogP contribution in [-0.2, 0) is 4.79 Å². The first-order valence-electron chi connectivity index (χ1n) is 6.88. The molecular weight excluding hydrogens is 294 g/mol. The monoisotopic (exact) mass is 309 g/mol. The van der Waals surface area contributed by atoms with Crippen molar-refractivity contribution in [1.82, 2.24) is 9.88 Å². The minimum atomic E-state index is -0.0389. The summed E-state index contributed by atoms with van der Waals surface area (Å²) in [4.78, 5) is 23.2. The fraction of sp³-hybridized carbons (Fsp3) is 0.118. The number of amidine groups is 1. The Balaban J connectivity index is 1.92. The summed E-state index contributed by atoms with van der Waals surface area (Å²) in [6.07, 6.45) is 3.60. The van der Waals surface area contributed by atoms with Crippen LogP contribution in [0.15, 0.2) is 58.6 Å². The first-order valence-corrected chi connectivity index (χ1v) is 7.70. The summed E-state index contributed by atoms with van der Waals surface area (Å²) in [5.74, 6) is 0.560. The Morgan fingerprint density at radius 3 is 2.68 bits per heavy atom. The number of pyridine rings is 1. The highest BCUT2D eigenvalue weighted by Crippen LogP contribution is 2.33. The van der Waals surface area contributed by atoms with Crippen LogP contribution in [0.1, 0.15) is 11.1 Å². The van der Waals surface area contributed by atoms with Gasteiger partial charge >= 0.3 is 0 Å². The van der Waals surface area contributed by atoms with Crippen LogP contribution < -0.4 is 0 Å². The molecule has 0 atom stereocenters. The highest BCUT2D eigenvalue weighted by Gasteiger charge is 2.30. The maximum atomic E-state index is 12.4. The van der Waals surface area contributed by atoms with Gasteiger partial charge in [-0.2, -0.15) is 0 Å². The second-order valence-electron chi connectivity index (χ2n) is 4.91. The Kier molecular flexibility index (Phi) is 4.06. The molecule has 22 heavy (non-hydrogen) atoms. The molecule has 4 nitrogen and oxygen atoms in total. The standard InChI is InChI=1S/C17H15N3OS/c1-12-7-3-4-8-13(12)11-14-16(21)20(2)17(22-14)19-15-9-5-6-10-18-15/h3-11H,1-2H3/b14-11-,19-17+. The van der Waals surface area contributed by atoms with E-state index in [4.69, 9.17) is 0 Å². The van der Waals surface area contributed by atoms with E-state index in [0.717, 1.165) is 11.1 Å². The fourth-order valence-electron chi connectivity index (χ4n) is 2.06. The number of aliphatic imine (C=N–C) groups is 1. The second-order valence-corrected chi connectivity index (χ2v) is 5.92. The van der Waals surface area contributed by atoms with Crippen LogP contribution in [0.4, 0.5) is 5.82 Å². The van der Waals surface area contributed by atoms with Gasteiger partial charge in [0.25, 0.3) is 5.91 Å². The molecule has 1 aromatic carbocycles. The molecular formula is C17H15N3OS. The Morgan fingerprint density at radius 2 is 1.95 bits per heavy atom. The van der Waals surface area contributed by atoms with E-state index in [1.807, 2.05) is 55.5 Å². The molecule has 0 N–H and O–H groups in total. The highest BCUT2D eigenvalue weighted by atomic mass is 32.2. The molecule has 1 aromatic heterocycles. The van der Waals surface area contributed by atoms with E-state index >= 15 is 0 Å². The van der Waals surface area contributed by atoms with Crippen LogP contribution >= 0.6 is 11.8 Å². The van der Waals surface area contributed by atoms with Gasteiger partial charge in [-0.1, -0.05) is 30.3 Å². The van der Waals surface area contributed by atoms with E-state index in [9.17, 15) is 4.79 Å². The summed E-state index contributed by atoms with van der Waals surface area (Å²) < 4.78 is 0. The molecule has 1 fully saturated rings. The molecule has 0 aliphatic carbocycles. The SMILES string of the molecule is Cc1ccccc1/C=C1\S/C(=N/c2ccccn2)N(C)C1=O. The van der Waals surface area contributed by atoms with Gasteiger partial charge in [0.05, 0.1) is 4.91 Å². The maximum absolute atomic E-state index is 12.4. The Hall–Kier alpha value is -2.40. The van der Waals surface area contributed by atoms with Gasteiger partial charge in [0.2, 0.25) is 0 Å². The lowest BCUT2D eigenvalue weighted by Gasteiger charge is -2.06. The zero-order chi connectivity index (χ0) is 15.5. The van der Waals surface area contributed by atoms with Gasteiger partial charge in [-0.25, -0.2) is 9.98 Å². The molecule has 3 rings (SSSR count). The van der Waals surface area contributed by atoms with Gasteiger partial charge < -0.3 is 0 Å². The Labute approximate surface area is 133 Å². The highest BCUT2D eigenvalue weighted by molar-refractivity contribution is 8.18. The van der Waals surface area contributed by atoms with Crippen LogP contribution in [0, 0.1) is 6.92 Å². The van der Waals surface area contributed by atoms with E-state index in [2.05, 4.69) is 9.98 Å². The average Bonchev–Trinajstić information content (AvgIpc) is 2.79. The molecule has 110 valence electrons. The van der Waals surface area contributed by atoms with E-state index in [1.165, 1.54) is 11.8 Å². The number of thioether (sulfide) groups is 1. The van der Waals surface area contributed by atoms with E-state index in [-0.39, 0.29) is 5.91 Å². The molecule has 0 unspecified atom stereocenters. The van der Waals surface area contributed by atoms with Crippen molar-refractivity contribution in [2.24, 2.45) is 4.99 Å². The number of carbonyl (C=O) groups is 1. The van der Waals surface area contributed by atoms with E-state index in [0.29, 0.717) is 15.9 Å². The predicted molar refractivity (Wildman–Crippen MR) is 90.8 cm³/mol. The lowest BCUT2D eigenvalue weighted by atomic mass is 10.1. The predicted octanol–water partition coefficient (Wildman–Crippen LogP) is 3.62. The number of aryl methyl sites for hydroxylation is 1. The number of hydrogen-bond donors (Lipinski definition) is 0. The number of amides is 1. The molecule has 0 spiro atoms. The van der Waals surface area contributed by atoms with E-state index in [1.54, 1.807) is 18.1 Å². The van der Waals surface area contributed by atoms with Crippen molar-refractivity contribution in [3.63, 3.8) is 0 Å². The fourth-order valence-corrected chi connectivity index (χ4v) is 3.03. The first-order chi connectivity index (χ1) is 10.6. The summed E-state index contributed by atoms with van der Waals surface area (Å²) in [6, 6.07) is 13.5. The number of aromatic nitrogens is 1. The molecule has 1 aliphatic heterocycles. The minimum Gasteiger partial charge on any atom is -0.289 e. The third kappa shape index (κ3) is 2.94. The maximum Gasteiger partial charge on any atom is 0.266 e. The first kappa shape index (κ1) is 14.5. The number of hydrogen-bond acceptors (Lipinski definition) is 4. The van der Waals surface area contributed by atoms with Crippen molar-refractivity contribution in [1.29, 1.82) is 0 Å². The summed E-state index contributed by atoms with van der Waals surface area (Å²) in [5.41, 5.74) is 2.19. The molecule has 2 heterocycles. The molecule has 0 saturated carbocycles. The molecule has 1 saturated heterocycles. The van der Waals surface area contributed by atoms with Crippen molar-refractivity contribution in [2.45, 2.75) is 6.92 Å². The zero-order valence-electron chi connectivity index (χ0n) is 12.4. The third-order valence-electron chi connectivity index (χ3n) is 3.34. The number of likely N-dealkylation sites (N-methyl/N-ethyl adjacent to an activating group) is 1. The number of benzene rings is 1. The van der Waals surface area contributed by atoms with Crippen molar-refractivity contribution in [2.75, 3.05) is 7.05 Å². The summed E-state index contributed by atoms with van der Waals surface area (Å²) in [5, 5.41) is 0.642. The van der Waals surface area contributed by atoms with Crippen LogP contribution in [-0.4, -0.2) is 28.0 Å². The van der Waals surface area contributed by atoms with Gasteiger partial charge in [0.15, 0.2) is 11.0 Å². The molecule has 0 bridgehead atoms. The Morgan fingerprint density at radius 1 is 1.18 bits per heavy atom. The smallest absolute Gasteiger partial charge is 0.266 e. The number of rotatable bonds is 2. The van der Waals surface area contributed by atoms with Crippen molar-refractivity contribution < 1.29 is 4.79 Å². The van der Waals surface area contributed by atoms with E-state index < -0.39 is 0 Å². The van der Waals surface area contributed by atoms with Crippen LogP contribution in [0.3, 0.4) is 0 Å². The summed E-state index contributed by atoms with van der Waals surface area (Å²) in [7, 11) is 1.73. The summed E-state index contributed by atoms with van der Waals surface area (Å²) >= 11 is 1.37. The topological polar surface area (TPSA) is 45.6 Å². The average molecular weight is 309 g/mol. The molecule has 1 amide bonds. The van der Waals surface area contributed by atoms with Crippen LogP contribution in [0.5, 0.6) is 0 Å². The summed E-state index contributed by atoms with van der Waals surface area (Å²) in [6.45, 7) is 2.03. The molecule has 1 aliphatic rings. The lowest BCUT2D eigenvalue weighted by Crippen LogP contribution is -2.23. The molecule has 2 aromatic rings. The molecule has 5 heteroatoms. The largest absolute Gasteiger partial charge is 0.289 e. The van der Waals surface area contributed by atoms with Gasteiger partial charge in [-0.15, -0.1) is 0 Å². The van der Waals surface area contributed by atoms with Gasteiger partial charge in [0, 0.05) is 13.2 Å². The quantitative estimate of drug-likeness (QED) is 0.796. The number of nitrogens with zero attached hydrogens (tertiary/aromatic N) is 3. The van der Waals surface area contributed by atoms with Gasteiger partial charge in [0.1, 0.15) is 0 Å². The Bertz CT molecular complexity index is 768.